The van der Waals surface area contributed by atoms with Crippen molar-refractivity contribution in [2.24, 2.45) is 5.92 Å². The van der Waals surface area contributed by atoms with E-state index in [0.29, 0.717) is 19.5 Å². The van der Waals surface area contributed by atoms with Crippen LogP contribution in [0.25, 0.3) is 0 Å². The second-order valence-electron chi connectivity index (χ2n) is 6.64. The quantitative estimate of drug-likeness (QED) is 0.843. The Balaban J connectivity index is 1.68. The lowest BCUT2D eigenvalue weighted by molar-refractivity contribution is -0.121. The number of aryl methyl sites for hydroxylation is 1. The molecule has 1 fully saturated rings. The van der Waals surface area contributed by atoms with E-state index in [1.165, 1.54) is 6.07 Å². The molecular weight excluding hydrogens is 331 g/mol. The fourth-order valence-corrected chi connectivity index (χ4v) is 3.32. The maximum atomic E-state index is 14.2. The summed E-state index contributed by atoms with van der Waals surface area (Å²) in [5.41, 5.74) is 1.76. The molecule has 0 spiro atoms. The first-order valence-corrected chi connectivity index (χ1v) is 8.91. The standard InChI is InChI=1S/C21H23FN2O2/c1-3-15-9-10-18(19(22)13-15)21(26)24-12-11-16(14-24)20(25)23(2)17-7-5-4-6-8-17/h4-10,13,16H,3,11-12,14H2,1-2H3. The minimum atomic E-state index is -0.495. The number of rotatable bonds is 4. The van der Waals surface area contributed by atoms with Crippen LogP contribution in [0, 0.1) is 11.7 Å². The highest BCUT2D eigenvalue weighted by Crippen LogP contribution is 2.24. The van der Waals surface area contributed by atoms with Gasteiger partial charge in [-0.15, -0.1) is 0 Å². The van der Waals surface area contributed by atoms with Crippen molar-refractivity contribution in [3.63, 3.8) is 0 Å². The van der Waals surface area contributed by atoms with Gasteiger partial charge < -0.3 is 9.80 Å². The van der Waals surface area contributed by atoms with E-state index >= 15 is 0 Å². The maximum Gasteiger partial charge on any atom is 0.256 e. The molecule has 136 valence electrons. The molecule has 2 aromatic carbocycles. The van der Waals surface area contributed by atoms with E-state index in [4.69, 9.17) is 0 Å². The molecule has 1 saturated heterocycles. The summed E-state index contributed by atoms with van der Waals surface area (Å²) < 4.78 is 14.2. The van der Waals surface area contributed by atoms with Crippen LogP contribution in [0.1, 0.15) is 29.3 Å². The molecule has 1 unspecified atom stereocenters. The van der Waals surface area contributed by atoms with Gasteiger partial charge in [-0.3, -0.25) is 9.59 Å². The number of likely N-dealkylation sites (tertiary alicyclic amines) is 1. The number of carbonyl (C=O) groups excluding carboxylic acids is 2. The molecule has 0 saturated carbocycles. The Labute approximate surface area is 153 Å². The van der Waals surface area contributed by atoms with Crippen molar-refractivity contribution >= 4 is 17.5 Å². The lowest BCUT2D eigenvalue weighted by atomic mass is 10.1. The fraction of sp³-hybridized carbons (Fsp3) is 0.333. The van der Waals surface area contributed by atoms with Gasteiger partial charge >= 0.3 is 0 Å². The number of hydrogen-bond acceptors (Lipinski definition) is 2. The Morgan fingerprint density at radius 2 is 1.92 bits per heavy atom. The first-order valence-electron chi connectivity index (χ1n) is 8.91. The Bertz CT molecular complexity index is 807. The van der Waals surface area contributed by atoms with Gasteiger partial charge in [0.05, 0.1) is 11.5 Å². The average Bonchev–Trinajstić information content (AvgIpc) is 3.17. The van der Waals surface area contributed by atoms with Gasteiger partial charge in [0.1, 0.15) is 5.82 Å². The first kappa shape index (κ1) is 18.1. The normalized spacial score (nSPS) is 16.6. The van der Waals surface area contributed by atoms with Crippen LogP contribution in [0.3, 0.4) is 0 Å². The summed E-state index contributed by atoms with van der Waals surface area (Å²) in [6, 6.07) is 14.1. The predicted octanol–water partition coefficient (Wildman–Crippen LogP) is 3.51. The first-order chi connectivity index (χ1) is 12.5. The zero-order valence-corrected chi connectivity index (χ0v) is 15.1. The van der Waals surface area contributed by atoms with E-state index in [-0.39, 0.29) is 23.3 Å². The van der Waals surface area contributed by atoms with Crippen LogP contribution < -0.4 is 4.90 Å². The lowest BCUT2D eigenvalue weighted by Crippen LogP contribution is -2.36. The summed E-state index contributed by atoms with van der Waals surface area (Å²) in [6.45, 7) is 2.73. The summed E-state index contributed by atoms with van der Waals surface area (Å²) in [7, 11) is 1.74. The smallest absolute Gasteiger partial charge is 0.256 e. The Hall–Kier alpha value is -2.69. The molecule has 0 N–H and O–H groups in total. The zero-order chi connectivity index (χ0) is 18.7. The van der Waals surface area contributed by atoms with Crippen molar-refractivity contribution < 1.29 is 14.0 Å². The van der Waals surface area contributed by atoms with Gasteiger partial charge in [0.25, 0.3) is 5.91 Å². The van der Waals surface area contributed by atoms with Crippen LogP contribution in [-0.2, 0) is 11.2 Å². The molecular formula is C21H23FN2O2. The van der Waals surface area contributed by atoms with Crippen LogP contribution in [0.5, 0.6) is 0 Å². The molecule has 1 aliphatic heterocycles. The van der Waals surface area contributed by atoms with Crippen LogP contribution in [0.2, 0.25) is 0 Å². The minimum absolute atomic E-state index is 0.0201. The molecule has 1 aliphatic rings. The molecule has 2 amide bonds. The van der Waals surface area contributed by atoms with Gasteiger partial charge in [-0.2, -0.15) is 0 Å². The molecule has 0 aromatic heterocycles. The van der Waals surface area contributed by atoms with Crippen molar-refractivity contribution in [2.45, 2.75) is 19.8 Å². The van der Waals surface area contributed by atoms with Crippen molar-refractivity contribution in [2.75, 3.05) is 25.0 Å². The van der Waals surface area contributed by atoms with Crippen LogP contribution in [-0.4, -0.2) is 36.9 Å². The van der Waals surface area contributed by atoms with Crippen molar-refractivity contribution in [3.8, 4) is 0 Å². The van der Waals surface area contributed by atoms with Crippen molar-refractivity contribution in [1.29, 1.82) is 0 Å². The molecule has 1 heterocycles. The lowest BCUT2D eigenvalue weighted by Gasteiger charge is -2.22. The van der Waals surface area contributed by atoms with E-state index in [2.05, 4.69) is 0 Å². The molecule has 5 heteroatoms. The third-order valence-electron chi connectivity index (χ3n) is 4.97. The number of benzene rings is 2. The van der Waals surface area contributed by atoms with Crippen molar-refractivity contribution in [1.82, 2.24) is 4.90 Å². The topological polar surface area (TPSA) is 40.6 Å². The van der Waals surface area contributed by atoms with E-state index in [9.17, 15) is 14.0 Å². The van der Waals surface area contributed by atoms with Gasteiger partial charge in [-0.1, -0.05) is 31.2 Å². The molecule has 0 bridgehead atoms. The number of para-hydroxylation sites is 1. The Morgan fingerprint density at radius 3 is 2.58 bits per heavy atom. The predicted molar refractivity (Wildman–Crippen MR) is 99.6 cm³/mol. The van der Waals surface area contributed by atoms with Gasteiger partial charge in [0.2, 0.25) is 5.91 Å². The molecule has 0 aliphatic carbocycles. The minimum Gasteiger partial charge on any atom is -0.338 e. The largest absolute Gasteiger partial charge is 0.338 e. The van der Waals surface area contributed by atoms with E-state index in [0.717, 1.165) is 17.7 Å². The Morgan fingerprint density at radius 1 is 1.19 bits per heavy atom. The fourth-order valence-electron chi connectivity index (χ4n) is 3.32. The summed E-state index contributed by atoms with van der Waals surface area (Å²) in [4.78, 5) is 28.5. The maximum absolute atomic E-state index is 14.2. The molecule has 0 radical (unpaired) electrons. The van der Waals surface area contributed by atoms with Gasteiger partial charge in [0, 0.05) is 25.8 Å². The second kappa shape index (κ2) is 7.68. The number of nitrogens with zero attached hydrogens (tertiary/aromatic N) is 2. The molecule has 4 nitrogen and oxygen atoms in total. The van der Waals surface area contributed by atoms with E-state index in [1.54, 1.807) is 29.0 Å². The van der Waals surface area contributed by atoms with Gasteiger partial charge in [0.15, 0.2) is 0 Å². The zero-order valence-electron chi connectivity index (χ0n) is 15.1. The number of hydrogen-bond donors (Lipinski definition) is 0. The van der Waals surface area contributed by atoms with Crippen LogP contribution in [0.15, 0.2) is 48.5 Å². The highest BCUT2D eigenvalue weighted by Gasteiger charge is 2.34. The molecule has 3 rings (SSSR count). The SMILES string of the molecule is CCc1ccc(C(=O)N2CCC(C(=O)N(C)c3ccccc3)C2)c(F)c1. The second-order valence-corrected chi connectivity index (χ2v) is 6.64. The summed E-state index contributed by atoms with van der Waals surface area (Å²) >= 11 is 0. The third-order valence-corrected chi connectivity index (χ3v) is 4.97. The van der Waals surface area contributed by atoms with E-state index < -0.39 is 5.82 Å². The number of amides is 2. The summed E-state index contributed by atoms with van der Waals surface area (Å²) in [6.07, 6.45) is 1.31. The summed E-state index contributed by atoms with van der Waals surface area (Å²) in [5.74, 6) is -1.12. The van der Waals surface area contributed by atoms with Gasteiger partial charge in [-0.05, 0) is 42.7 Å². The average molecular weight is 354 g/mol. The van der Waals surface area contributed by atoms with E-state index in [1.807, 2.05) is 37.3 Å². The molecule has 1 atom stereocenters. The number of carbonyl (C=O) groups is 2. The van der Waals surface area contributed by atoms with Crippen LogP contribution in [0.4, 0.5) is 10.1 Å². The third kappa shape index (κ3) is 3.62. The van der Waals surface area contributed by atoms with Crippen LogP contribution >= 0.6 is 0 Å². The monoisotopic (exact) mass is 354 g/mol. The van der Waals surface area contributed by atoms with Crippen molar-refractivity contribution in [3.05, 3.63) is 65.5 Å². The highest BCUT2D eigenvalue weighted by atomic mass is 19.1. The molecule has 2 aromatic rings. The molecule has 26 heavy (non-hydrogen) atoms. The highest BCUT2D eigenvalue weighted by molar-refractivity contribution is 5.97. The number of anilines is 1. The summed E-state index contributed by atoms with van der Waals surface area (Å²) in [5, 5.41) is 0. The Kier molecular flexibility index (Phi) is 5.35. The van der Waals surface area contributed by atoms with Gasteiger partial charge in [-0.25, -0.2) is 4.39 Å². The number of halogens is 1.